The first-order chi connectivity index (χ1) is 25.3. The number of hydrogen-bond acceptors (Lipinski definition) is 5. The van der Waals surface area contributed by atoms with Gasteiger partial charge in [0.05, 0.1) is 25.3 Å². The second-order valence-corrected chi connectivity index (χ2v) is 15.1. The third kappa shape index (κ3) is 8.88. The van der Waals surface area contributed by atoms with Gasteiger partial charge >= 0.3 is 5.97 Å². The highest BCUT2D eigenvalue weighted by Gasteiger charge is 2.26. The van der Waals surface area contributed by atoms with Crippen LogP contribution in [0.15, 0.2) is 127 Å². The van der Waals surface area contributed by atoms with E-state index in [1.807, 2.05) is 60.7 Å². The summed E-state index contributed by atoms with van der Waals surface area (Å²) in [6.45, 7) is 0.167. The number of methoxy groups -OCH3 is 1. The molecule has 1 N–H and O–H groups in total. The van der Waals surface area contributed by atoms with Crippen LogP contribution in [-0.4, -0.2) is 38.9 Å². The fourth-order valence-electron chi connectivity index (χ4n) is 6.91. The normalized spacial score (nSPS) is 11.6. The first-order valence-corrected chi connectivity index (χ1v) is 19.4. The number of esters is 1. The maximum atomic E-state index is 13.4. The Kier molecular flexibility index (Phi) is 12.0. The van der Waals surface area contributed by atoms with Crippen molar-refractivity contribution in [2.24, 2.45) is 0 Å². The number of carbonyl (C=O) groups is 2. The number of carbonyl (C=O) groups excluding carboxylic acids is 2. The molecule has 0 unspecified atom stereocenters. The van der Waals surface area contributed by atoms with Crippen LogP contribution in [0.3, 0.4) is 0 Å². The number of aldehydes is 1. The quantitative estimate of drug-likeness (QED) is 0.0799. The summed E-state index contributed by atoms with van der Waals surface area (Å²) in [5.41, 5.74) is 8.26. The minimum atomic E-state index is -3.76. The molecular formula is C43H41ClN2O5S. The predicted octanol–water partition coefficient (Wildman–Crippen LogP) is 8.30. The van der Waals surface area contributed by atoms with Crippen LogP contribution in [0.4, 0.5) is 0 Å². The number of aryl methyl sites for hydroxylation is 2. The molecule has 1 heterocycles. The van der Waals surface area contributed by atoms with Crippen molar-refractivity contribution in [3.63, 3.8) is 0 Å². The maximum absolute atomic E-state index is 13.4. The van der Waals surface area contributed by atoms with Crippen LogP contribution < -0.4 is 4.72 Å². The standard InChI is InChI=1S/C43H41ClN2O5S/c1-51-42(48)27-32-21-19-31(20-22-32)11-10-18-38-39-28-37(44)23-24-40(39)46(43(33-12-4-2-5-13-33)34-14-6-3-7-15-34)41(38)25-26-45-52(49,50)30-36-17-9-8-16-35(36)29-47/h2-9,12-17,19-24,28-29,43,45H,10-11,18,25-27,30H2,1H3. The van der Waals surface area contributed by atoms with Crippen molar-refractivity contribution in [2.45, 2.75) is 43.9 Å². The van der Waals surface area contributed by atoms with E-state index in [1.54, 1.807) is 24.3 Å². The number of ether oxygens (including phenoxy) is 1. The van der Waals surface area contributed by atoms with Gasteiger partial charge in [0.15, 0.2) is 0 Å². The SMILES string of the molecule is COC(=O)Cc1ccc(CCCc2c(CCNS(=O)(=O)Cc3ccccc3C=O)n(C(c3ccccc3)c3ccccc3)c3ccc(Cl)cc23)cc1. The molecule has 0 aliphatic carbocycles. The van der Waals surface area contributed by atoms with Crippen molar-refractivity contribution >= 4 is 44.8 Å². The summed E-state index contributed by atoms with van der Waals surface area (Å²) in [4.78, 5) is 23.3. The second kappa shape index (κ2) is 17.0. The highest BCUT2D eigenvalue weighted by molar-refractivity contribution is 7.88. The summed E-state index contributed by atoms with van der Waals surface area (Å²) in [5.74, 6) is -0.560. The zero-order chi connectivity index (χ0) is 36.5. The largest absolute Gasteiger partial charge is 0.469 e. The van der Waals surface area contributed by atoms with Crippen molar-refractivity contribution in [1.82, 2.24) is 9.29 Å². The molecule has 0 amide bonds. The molecule has 266 valence electrons. The van der Waals surface area contributed by atoms with Gasteiger partial charge in [-0.25, -0.2) is 13.1 Å². The van der Waals surface area contributed by atoms with Crippen molar-refractivity contribution in [3.05, 3.63) is 177 Å². The zero-order valence-electron chi connectivity index (χ0n) is 29.0. The van der Waals surface area contributed by atoms with E-state index < -0.39 is 10.0 Å². The molecule has 0 saturated carbocycles. The number of nitrogens with zero attached hydrogens (tertiary/aromatic N) is 1. The molecule has 9 heteroatoms. The summed E-state index contributed by atoms with van der Waals surface area (Å²) in [6.07, 6.45) is 3.73. The van der Waals surface area contributed by atoms with E-state index in [0.29, 0.717) is 28.9 Å². The summed E-state index contributed by atoms with van der Waals surface area (Å²) >= 11 is 6.66. The summed E-state index contributed by atoms with van der Waals surface area (Å²) in [7, 11) is -2.37. The highest BCUT2D eigenvalue weighted by atomic mass is 35.5. The number of nitrogens with one attached hydrogen (secondary N) is 1. The molecule has 7 nitrogen and oxygen atoms in total. The fraction of sp³-hybridized carbons (Fsp3) is 0.209. The number of sulfonamides is 1. The number of benzene rings is 5. The lowest BCUT2D eigenvalue weighted by Gasteiger charge is -2.25. The monoisotopic (exact) mass is 732 g/mol. The van der Waals surface area contributed by atoms with Gasteiger partial charge in [-0.2, -0.15) is 0 Å². The van der Waals surface area contributed by atoms with Crippen molar-refractivity contribution in [2.75, 3.05) is 13.7 Å². The minimum Gasteiger partial charge on any atom is -0.469 e. The van der Waals surface area contributed by atoms with E-state index in [9.17, 15) is 18.0 Å². The topological polar surface area (TPSA) is 94.5 Å². The lowest BCUT2D eigenvalue weighted by atomic mass is 9.97. The van der Waals surface area contributed by atoms with E-state index >= 15 is 0 Å². The van der Waals surface area contributed by atoms with Gasteiger partial charge in [-0.15, -0.1) is 0 Å². The van der Waals surface area contributed by atoms with Crippen LogP contribution in [0.25, 0.3) is 10.9 Å². The van der Waals surface area contributed by atoms with E-state index in [0.717, 1.165) is 63.7 Å². The van der Waals surface area contributed by atoms with Crippen LogP contribution in [-0.2, 0) is 51.0 Å². The summed E-state index contributed by atoms with van der Waals surface area (Å²) in [6, 6.07) is 41.2. The Labute approximate surface area is 310 Å². The minimum absolute atomic E-state index is 0.167. The molecular weight excluding hydrogens is 692 g/mol. The van der Waals surface area contributed by atoms with Crippen molar-refractivity contribution in [3.8, 4) is 0 Å². The zero-order valence-corrected chi connectivity index (χ0v) is 30.6. The lowest BCUT2D eigenvalue weighted by Crippen LogP contribution is -2.28. The van der Waals surface area contributed by atoms with E-state index in [2.05, 4.69) is 51.8 Å². The van der Waals surface area contributed by atoms with E-state index in [-0.39, 0.29) is 30.7 Å². The van der Waals surface area contributed by atoms with Gasteiger partial charge in [-0.3, -0.25) is 9.59 Å². The van der Waals surface area contributed by atoms with Crippen molar-refractivity contribution in [1.29, 1.82) is 0 Å². The van der Waals surface area contributed by atoms with Crippen LogP contribution >= 0.6 is 11.6 Å². The summed E-state index contributed by atoms with van der Waals surface area (Å²) in [5, 5.41) is 1.67. The van der Waals surface area contributed by atoms with Gasteiger partial charge in [-0.05, 0) is 70.8 Å². The maximum Gasteiger partial charge on any atom is 0.309 e. The fourth-order valence-corrected chi connectivity index (χ4v) is 8.27. The van der Waals surface area contributed by atoms with Crippen LogP contribution in [0, 0.1) is 0 Å². The molecule has 0 fully saturated rings. The Morgan fingerprint density at radius 2 is 1.44 bits per heavy atom. The number of halogens is 1. The van der Waals surface area contributed by atoms with Gasteiger partial charge < -0.3 is 9.30 Å². The summed E-state index contributed by atoms with van der Waals surface area (Å²) < 4.78 is 36.7. The molecule has 0 aliphatic heterocycles. The van der Waals surface area contributed by atoms with Gasteiger partial charge in [0.25, 0.3) is 0 Å². The second-order valence-electron chi connectivity index (χ2n) is 12.8. The van der Waals surface area contributed by atoms with Crippen LogP contribution in [0.1, 0.15) is 61.9 Å². The smallest absolute Gasteiger partial charge is 0.309 e. The Hall–Kier alpha value is -5.02. The van der Waals surface area contributed by atoms with Gasteiger partial charge in [0.1, 0.15) is 6.29 Å². The van der Waals surface area contributed by atoms with Gasteiger partial charge in [0, 0.05) is 40.1 Å². The average Bonchev–Trinajstić information content (AvgIpc) is 3.44. The number of hydrogen-bond donors (Lipinski definition) is 1. The first-order valence-electron chi connectivity index (χ1n) is 17.3. The van der Waals surface area contributed by atoms with Crippen LogP contribution in [0.2, 0.25) is 5.02 Å². The molecule has 6 aromatic rings. The third-order valence-corrected chi connectivity index (χ3v) is 10.9. The third-order valence-electron chi connectivity index (χ3n) is 9.37. The molecule has 0 atom stereocenters. The van der Waals surface area contributed by atoms with Gasteiger partial charge in [0.2, 0.25) is 10.0 Å². The van der Waals surface area contributed by atoms with Crippen LogP contribution in [0.5, 0.6) is 0 Å². The van der Waals surface area contributed by atoms with Gasteiger partial charge in [-0.1, -0.05) is 121 Å². The van der Waals surface area contributed by atoms with Crippen molar-refractivity contribution < 1.29 is 22.7 Å². The Balaban J connectivity index is 1.37. The van der Waals surface area contributed by atoms with E-state index in [4.69, 9.17) is 16.3 Å². The van der Waals surface area contributed by atoms with E-state index in [1.165, 1.54) is 7.11 Å². The molecule has 0 bridgehead atoms. The highest BCUT2D eigenvalue weighted by Crippen LogP contribution is 2.38. The molecule has 52 heavy (non-hydrogen) atoms. The molecule has 0 radical (unpaired) electrons. The molecule has 0 aliphatic rings. The molecule has 0 spiro atoms. The lowest BCUT2D eigenvalue weighted by molar-refractivity contribution is -0.139. The first kappa shape index (κ1) is 36.8. The Bertz CT molecular complexity index is 2210. The number of rotatable bonds is 16. The molecule has 5 aromatic carbocycles. The average molecular weight is 733 g/mol. The predicted molar refractivity (Wildman–Crippen MR) is 207 cm³/mol. The molecule has 1 aromatic heterocycles. The Morgan fingerprint density at radius 3 is 2.10 bits per heavy atom. The molecule has 0 saturated heterocycles. The number of aromatic nitrogens is 1. The number of fused-ring (bicyclic) bond motifs is 1. The molecule has 6 rings (SSSR count). The Morgan fingerprint density at radius 1 is 0.808 bits per heavy atom.